The molecule has 0 amide bonds. The van der Waals surface area contributed by atoms with Gasteiger partial charge >= 0.3 is 5.69 Å². The molecule has 0 saturated heterocycles. The average Bonchev–Trinajstić information content (AvgIpc) is 2.46. The topological polar surface area (TPSA) is 113 Å². The van der Waals surface area contributed by atoms with Gasteiger partial charge in [0.2, 0.25) is 5.82 Å². The second-order valence-electron chi connectivity index (χ2n) is 4.05. The third-order valence-corrected chi connectivity index (χ3v) is 2.76. The number of aromatic nitrogens is 1. The van der Waals surface area contributed by atoms with E-state index in [2.05, 4.69) is 10.3 Å². The lowest BCUT2D eigenvalue weighted by atomic mass is 10.2. The first kappa shape index (κ1) is 14.4. The van der Waals surface area contributed by atoms with Crippen LogP contribution < -0.4 is 20.5 Å². The third-order valence-electron chi connectivity index (χ3n) is 2.76. The molecule has 0 spiro atoms. The fraction of sp³-hybridized carbons (Fsp3) is 0.154. The lowest BCUT2D eigenvalue weighted by molar-refractivity contribution is -0.384. The van der Waals surface area contributed by atoms with E-state index >= 15 is 0 Å². The Balaban J connectivity index is 2.26. The minimum absolute atomic E-state index is 0.148. The maximum Gasteiger partial charge on any atom is 0.311 e. The fourth-order valence-electron chi connectivity index (χ4n) is 1.75. The van der Waals surface area contributed by atoms with Gasteiger partial charge in [0.25, 0.3) is 0 Å². The number of nitrogens with one attached hydrogen (secondary N) is 1. The zero-order valence-corrected chi connectivity index (χ0v) is 11.5. The Bertz CT molecular complexity index is 675. The summed E-state index contributed by atoms with van der Waals surface area (Å²) in [5.41, 5.74) is 6.00. The summed E-state index contributed by atoms with van der Waals surface area (Å²) in [6.45, 7) is 0. The van der Waals surface area contributed by atoms with Crippen LogP contribution in [0.15, 0.2) is 30.3 Å². The number of pyridine rings is 1. The van der Waals surface area contributed by atoms with E-state index in [1.165, 1.54) is 19.2 Å². The second-order valence-corrected chi connectivity index (χ2v) is 4.05. The zero-order chi connectivity index (χ0) is 15.4. The Morgan fingerprint density at radius 2 is 1.90 bits per heavy atom. The molecular formula is C13H14N4O4. The van der Waals surface area contributed by atoms with Gasteiger partial charge in [-0.1, -0.05) is 0 Å². The molecule has 3 N–H and O–H groups in total. The maximum absolute atomic E-state index is 10.7. The number of nitro groups is 1. The Labute approximate surface area is 120 Å². The number of anilines is 3. The van der Waals surface area contributed by atoms with Crippen LogP contribution in [-0.2, 0) is 0 Å². The van der Waals surface area contributed by atoms with E-state index in [1.807, 2.05) is 0 Å². The van der Waals surface area contributed by atoms with Crippen molar-refractivity contribution in [2.75, 3.05) is 25.3 Å². The summed E-state index contributed by atoms with van der Waals surface area (Å²) in [4.78, 5) is 14.0. The summed E-state index contributed by atoms with van der Waals surface area (Å²) in [5, 5.41) is 13.7. The third kappa shape index (κ3) is 3.11. The van der Waals surface area contributed by atoms with Gasteiger partial charge in [0.1, 0.15) is 5.82 Å². The SMILES string of the molecule is COc1ccc(Nc2ccc([N+](=O)[O-])c(N)n2)cc1OC. The predicted molar refractivity (Wildman–Crippen MR) is 78.1 cm³/mol. The molecule has 8 nitrogen and oxygen atoms in total. The van der Waals surface area contributed by atoms with Gasteiger partial charge in [0.05, 0.1) is 19.1 Å². The van der Waals surface area contributed by atoms with Crippen molar-refractivity contribution in [1.29, 1.82) is 0 Å². The average molecular weight is 290 g/mol. The van der Waals surface area contributed by atoms with Crippen molar-refractivity contribution in [2.45, 2.75) is 0 Å². The second kappa shape index (κ2) is 5.95. The number of rotatable bonds is 5. The summed E-state index contributed by atoms with van der Waals surface area (Å²) in [6, 6.07) is 7.99. The molecule has 1 heterocycles. The molecule has 1 aromatic carbocycles. The van der Waals surface area contributed by atoms with E-state index < -0.39 is 4.92 Å². The van der Waals surface area contributed by atoms with Crippen LogP contribution in [0.3, 0.4) is 0 Å². The molecule has 1 aromatic heterocycles. The molecule has 0 unspecified atom stereocenters. The van der Waals surface area contributed by atoms with E-state index in [-0.39, 0.29) is 11.5 Å². The molecule has 110 valence electrons. The van der Waals surface area contributed by atoms with Crippen molar-refractivity contribution in [3.63, 3.8) is 0 Å². The van der Waals surface area contributed by atoms with Crippen LogP contribution in [0.25, 0.3) is 0 Å². The standard InChI is InChI=1S/C13H14N4O4/c1-20-10-5-3-8(7-11(10)21-2)15-12-6-4-9(17(18)19)13(14)16-12/h3-7H,1-2H3,(H3,14,15,16). The highest BCUT2D eigenvalue weighted by atomic mass is 16.6. The molecule has 0 aliphatic carbocycles. The van der Waals surface area contributed by atoms with E-state index in [0.717, 1.165) is 0 Å². The van der Waals surface area contributed by atoms with Gasteiger partial charge in [-0.3, -0.25) is 10.1 Å². The van der Waals surface area contributed by atoms with Crippen LogP contribution in [-0.4, -0.2) is 24.1 Å². The van der Waals surface area contributed by atoms with Crippen LogP contribution >= 0.6 is 0 Å². The number of nitrogens with zero attached hydrogens (tertiary/aromatic N) is 2. The molecule has 0 saturated carbocycles. The minimum Gasteiger partial charge on any atom is -0.493 e. The van der Waals surface area contributed by atoms with Crippen LogP contribution in [0.1, 0.15) is 0 Å². The highest BCUT2D eigenvalue weighted by Gasteiger charge is 2.13. The lowest BCUT2D eigenvalue weighted by Crippen LogP contribution is -2.01. The van der Waals surface area contributed by atoms with E-state index in [4.69, 9.17) is 15.2 Å². The number of methoxy groups -OCH3 is 2. The van der Waals surface area contributed by atoms with Gasteiger partial charge < -0.3 is 20.5 Å². The quantitative estimate of drug-likeness (QED) is 0.641. The monoisotopic (exact) mass is 290 g/mol. The molecule has 0 fully saturated rings. The van der Waals surface area contributed by atoms with Crippen molar-refractivity contribution in [2.24, 2.45) is 0 Å². The summed E-state index contributed by atoms with van der Waals surface area (Å²) in [5.74, 6) is 1.40. The van der Waals surface area contributed by atoms with E-state index in [9.17, 15) is 10.1 Å². The number of nitrogens with two attached hydrogens (primary N) is 1. The molecule has 0 atom stereocenters. The van der Waals surface area contributed by atoms with Crippen LogP contribution in [0.2, 0.25) is 0 Å². The van der Waals surface area contributed by atoms with Crippen molar-refractivity contribution in [3.05, 3.63) is 40.4 Å². The predicted octanol–water partition coefficient (Wildman–Crippen LogP) is 2.33. The first-order valence-corrected chi connectivity index (χ1v) is 5.95. The van der Waals surface area contributed by atoms with Crippen molar-refractivity contribution >= 4 is 23.0 Å². The van der Waals surface area contributed by atoms with Gasteiger partial charge in [0.15, 0.2) is 11.5 Å². The molecule has 2 rings (SSSR count). The number of ether oxygens (including phenoxy) is 2. The number of benzene rings is 1. The van der Waals surface area contributed by atoms with E-state index in [1.54, 1.807) is 25.3 Å². The summed E-state index contributed by atoms with van der Waals surface area (Å²) < 4.78 is 10.3. The number of hydrogen-bond donors (Lipinski definition) is 2. The smallest absolute Gasteiger partial charge is 0.311 e. The maximum atomic E-state index is 10.7. The molecule has 0 bridgehead atoms. The van der Waals surface area contributed by atoms with Crippen LogP contribution in [0.5, 0.6) is 11.5 Å². The van der Waals surface area contributed by atoms with Gasteiger partial charge in [-0.25, -0.2) is 4.98 Å². The van der Waals surface area contributed by atoms with E-state index in [0.29, 0.717) is 23.0 Å². The fourth-order valence-corrected chi connectivity index (χ4v) is 1.75. The van der Waals surface area contributed by atoms with Gasteiger partial charge in [-0.15, -0.1) is 0 Å². The first-order valence-electron chi connectivity index (χ1n) is 5.95. The highest BCUT2D eigenvalue weighted by Crippen LogP contribution is 2.31. The van der Waals surface area contributed by atoms with Crippen LogP contribution in [0.4, 0.5) is 23.0 Å². The Hall–Kier alpha value is -3.03. The Morgan fingerprint density at radius 3 is 2.48 bits per heavy atom. The molecule has 0 aliphatic rings. The number of hydrogen-bond acceptors (Lipinski definition) is 7. The van der Waals surface area contributed by atoms with Crippen molar-refractivity contribution < 1.29 is 14.4 Å². The Kier molecular flexibility index (Phi) is 4.07. The van der Waals surface area contributed by atoms with Gasteiger partial charge in [0, 0.05) is 17.8 Å². The molecule has 2 aromatic rings. The normalized spacial score (nSPS) is 10.0. The van der Waals surface area contributed by atoms with Gasteiger partial charge in [-0.2, -0.15) is 0 Å². The minimum atomic E-state index is -0.581. The zero-order valence-electron chi connectivity index (χ0n) is 11.5. The van der Waals surface area contributed by atoms with Crippen molar-refractivity contribution in [1.82, 2.24) is 4.98 Å². The largest absolute Gasteiger partial charge is 0.493 e. The van der Waals surface area contributed by atoms with Gasteiger partial charge in [-0.05, 0) is 18.2 Å². The summed E-state index contributed by atoms with van der Waals surface area (Å²) in [7, 11) is 3.08. The first-order chi connectivity index (χ1) is 10.0. The molecule has 0 radical (unpaired) electrons. The van der Waals surface area contributed by atoms with Crippen molar-refractivity contribution in [3.8, 4) is 11.5 Å². The van der Waals surface area contributed by atoms with Crippen LogP contribution in [0, 0.1) is 10.1 Å². The number of nitrogen functional groups attached to an aromatic ring is 1. The molecular weight excluding hydrogens is 276 g/mol. The molecule has 21 heavy (non-hydrogen) atoms. The molecule has 0 aliphatic heterocycles. The summed E-state index contributed by atoms with van der Waals surface area (Å²) in [6.07, 6.45) is 0. The summed E-state index contributed by atoms with van der Waals surface area (Å²) >= 11 is 0. The Morgan fingerprint density at radius 1 is 1.19 bits per heavy atom. The lowest BCUT2D eigenvalue weighted by Gasteiger charge is -2.11. The molecule has 8 heteroatoms. The highest BCUT2D eigenvalue weighted by molar-refractivity contribution is 5.65.